The van der Waals surface area contributed by atoms with E-state index in [1.165, 1.54) is 12.1 Å². The minimum absolute atomic E-state index is 0.297. The summed E-state index contributed by atoms with van der Waals surface area (Å²) in [6, 6.07) is 3.38. The highest BCUT2D eigenvalue weighted by atomic mass is 35.5. The maximum Gasteiger partial charge on any atom is 0.417 e. The van der Waals surface area contributed by atoms with Crippen molar-refractivity contribution >= 4 is 11.6 Å². The Labute approximate surface area is 91.0 Å². The Kier molecular flexibility index (Phi) is 3.62. The smallest absolute Gasteiger partial charge is 0.324 e. The second-order valence-corrected chi connectivity index (χ2v) is 3.66. The zero-order valence-corrected chi connectivity index (χ0v) is 8.86. The van der Waals surface area contributed by atoms with E-state index in [9.17, 15) is 13.2 Å². The Morgan fingerprint density at radius 1 is 1.40 bits per heavy atom. The molecule has 0 radical (unpaired) electrons. The van der Waals surface area contributed by atoms with Gasteiger partial charge in [0.2, 0.25) is 0 Å². The molecule has 1 aromatic carbocycles. The number of nitrogens with two attached hydrogens (primary N) is 1. The first-order chi connectivity index (χ1) is 6.86. The number of hydrogen-bond donors (Lipinski definition) is 1. The van der Waals surface area contributed by atoms with Crippen LogP contribution in [0.15, 0.2) is 18.2 Å². The van der Waals surface area contributed by atoms with Gasteiger partial charge in [-0.1, -0.05) is 24.6 Å². The van der Waals surface area contributed by atoms with E-state index in [4.69, 9.17) is 17.3 Å². The van der Waals surface area contributed by atoms with Gasteiger partial charge >= 0.3 is 6.18 Å². The van der Waals surface area contributed by atoms with Crippen LogP contribution in [-0.2, 0) is 6.18 Å². The van der Waals surface area contributed by atoms with Crippen LogP contribution in [0.3, 0.4) is 0 Å². The predicted octanol–water partition coefficient (Wildman–Crippen LogP) is 3.77. The minimum Gasteiger partial charge on any atom is -0.324 e. The van der Waals surface area contributed by atoms with Gasteiger partial charge in [-0.15, -0.1) is 0 Å². The van der Waals surface area contributed by atoms with Crippen molar-refractivity contribution in [2.45, 2.75) is 25.6 Å². The lowest BCUT2D eigenvalue weighted by Crippen LogP contribution is -2.12. The van der Waals surface area contributed by atoms with Gasteiger partial charge in [0.1, 0.15) is 0 Å². The topological polar surface area (TPSA) is 26.0 Å². The predicted molar refractivity (Wildman–Crippen MR) is 53.7 cm³/mol. The van der Waals surface area contributed by atoms with Crippen LogP contribution in [-0.4, -0.2) is 0 Å². The molecule has 0 unspecified atom stereocenters. The van der Waals surface area contributed by atoms with Crippen LogP contribution >= 0.6 is 11.6 Å². The van der Waals surface area contributed by atoms with Gasteiger partial charge in [0.05, 0.1) is 10.6 Å². The maximum atomic E-state index is 12.5. The van der Waals surface area contributed by atoms with Gasteiger partial charge in [0.15, 0.2) is 0 Å². The third-order valence-electron chi connectivity index (χ3n) is 2.16. The molecule has 0 bridgehead atoms. The summed E-state index contributed by atoms with van der Waals surface area (Å²) in [5, 5.41) is -0.297. The monoisotopic (exact) mass is 237 g/mol. The minimum atomic E-state index is -4.43. The Balaban J connectivity index is 3.17. The number of halogens is 4. The zero-order valence-electron chi connectivity index (χ0n) is 8.11. The van der Waals surface area contributed by atoms with Crippen molar-refractivity contribution in [3.63, 3.8) is 0 Å². The molecule has 0 heterocycles. The van der Waals surface area contributed by atoms with Crippen molar-refractivity contribution in [3.05, 3.63) is 34.3 Å². The molecule has 0 amide bonds. The normalized spacial score (nSPS) is 14.0. The molecule has 1 aromatic rings. The lowest BCUT2D eigenvalue weighted by molar-refractivity contribution is -0.137. The molecule has 0 aliphatic carbocycles. The van der Waals surface area contributed by atoms with Crippen LogP contribution in [0.5, 0.6) is 0 Å². The second-order valence-electron chi connectivity index (χ2n) is 3.25. The summed E-state index contributed by atoms with van der Waals surface area (Å²) < 4.78 is 37.4. The summed E-state index contributed by atoms with van der Waals surface area (Å²) in [7, 11) is 0. The van der Waals surface area contributed by atoms with Crippen LogP contribution in [0, 0.1) is 0 Å². The van der Waals surface area contributed by atoms with E-state index in [1.807, 2.05) is 6.92 Å². The molecule has 2 N–H and O–H groups in total. The van der Waals surface area contributed by atoms with Crippen molar-refractivity contribution in [3.8, 4) is 0 Å². The highest BCUT2D eigenvalue weighted by Gasteiger charge is 2.33. The summed E-state index contributed by atoms with van der Waals surface area (Å²) in [6.45, 7) is 1.81. The molecule has 0 aliphatic heterocycles. The molecule has 0 saturated heterocycles. The molecule has 0 fully saturated rings. The molecule has 5 heteroatoms. The van der Waals surface area contributed by atoms with Crippen molar-refractivity contribution in [2.24, 2.45) is 5.73 Å². The molecule has 15 heavy (non-hydrogen) atoms. The van der Waals surface area contributed by atoms with Crippen molar-refractivity contribution in [1.29, 1.82) is 0 Å². The third-order valence-corrected chi connectivity index (χ3v) is 2.49. The highest BCUT2D eigenvalue weighted by Crippen LogP contribution is 2.36. The van der Waals surface area contributed by atoms with Crippen LogP contribution in [0.4, 0.5) is 13.2 Å². The van der Waals surface area contributed by atoms with Gasteiger partial charge in [-0.2, -0.15) is 13.2 Å². The zero-order chi connectivity index (χ0) is 11.6. The molecule has 1 nitrogen and oxygen atoms in total. The maximum absolute atomic E-state index is 12.5. The van der Waals surface area contributed by atoms with E-state index in [1.54, 1.807) is 0 Å². The summed E-state index contributed by atoms with van der Waals surface area (Å²) in [5.41, 5.74) is 5.27. The first-order valence-corrected chi connectivity index (χ1v) is 4.86. The Morgan fingerprint density at radius 3 is 2.47 bits per heavy atom. The van der Waals surface area contributed by atoms with E-state index in [2.05, 4.69) is 0 Å². The fraction of sp³-hybridized carbons (Fsp3) is 0.400. The Morgan fingerprint density at radius 2 is 2.00 bits per heavy atom. The van der Waals surface area contributed by atoms with Crippen molar-refractivity contribution in [2.75, 3.05) is 0 Å². The van der Waals surface area contributed by atoms with Gasteiger partial charge in [-0.05, 0) is 24.1 Å². The summed E-state index contributed by atoms with van der Waals surface area (Å²) >= 11 is 5.47. The molecule has 84 valence electrons. The van der Waals surface area contributed by atoms with Gasteiger partial charge in [0.25, 0.3) is 0 Å². The van der Waals surface area contributed by atoms with Crippen LogP contribution in [0.2, 0.25) is 5.02 Å². The molecular weight excluding hydrogens is 227 g/mol. The molecule has 0 aromatic heterocycles. The SMILES string of the molecule is CC[C@@H](N)c1ccc(Cl)c(C(F)(F)F)c1. The van der Waals surface area contributed by atoms with Gasteiger partial charge in [-0.25, -0.2) is 0 Å². The molecule has 0 aliphatic rings. The third kappa shape index (κ3) is 2.86. The van der Waals surface area contributed by atoms with E-state index < -0.39 is 11.7 Å². The molecule has 0 spiro atoms. The molecule has 1 rings (SSSR count). The lowest BCUT2D eigenvalue weighted by atomic mass is 10.0. The quantitative estimate of drug-likeness (QED) is 0.833. The van der Waals surface area contributed by atoms with Crippen LogP contribution in [0.25, 0.3) is 0 Å². The summed E-state index contributed by atoms with van der Waals surface area (Å²) in [4.78, 5) is 0. The lowest BCUT2D eigenvalue weighted by Gasteiger charge is -2.14. The van der Waals surface area contributed by atoms with Gasteiger partial charge in [-0.3, -0.25) is 0 Å². The Bertz CT molecular complexity index is 349. The van der Waals surface area contributed by atoms with Crippen molar-refractivity contribution < 1.29 is 13.2 Å². The first-order valence-electron chi connectivity index (χ1n) is 4.48. The van der Waals surface area contributed by atoms with E-state index >= 15 is 0 Å². The number of benzene rings is 1. The van der Waals surface area contributed by atoms with E-state index in [-0.39, 0.29) is 11.1 Å². The second kappa shape index (κ2) is 4.41. The Hall–Kier alpha value is -0.740. The van der Waals surface area contributed by atoms with E-state index in [0.29, 0.717) is 12.0 Å². The largest absolute Gasteiger partial charge is 0.417 e. The van der Waals surface area contributed by atoms with Crippen LogP contribution < -0.4 is 5.73 Å². The number of alkyl halides is 3. The first kappa shape index (κ1) is 12.3. The average Bonchev–Trinajstić information content (AvgIpc) is 2.15. The van der Waals surface area contributed by atoms with E-state index in [0.717, 1.165) is 6.07 Å². The highest BCUT2D eigenvalue weighted by molar-refractivity contribution is 6.31. The fourth-order valence-corrected chi connectivity index (χ4v) is 1.45. The van der Waals surface area contributed by atoms with Gasteiger partial charge < -0.3 is 5.73 Å². The summed E-state index contributed by atoms with van der Waals surface area (Å²) in [5.74, 6) is 0. The standard InChI is InChI=1S/C10H11ClF3N/c1-2-9(15)6-3-4-8(11)7(5-6)10(12,13)14/h3-5,9H,2,15H2,1H3/t9-/m1/s1. The number of rotatable bonds is 2. The van der Waals surface area contributed by atoms with Crippen LogP contribution in [0.1, 0.15) is 30.5 Å². The molecule has 0 saturated carbocycles. The van der Waals surface area contributed by atoms with Crippen molar-refractivity contribution in [1.82, 2.24) is 0 Å². The average molecular weight is 238 g/mol. The molecular formula is C10H11ClF3N. The number of hydrogen-bond acceptors (Lipinski definition) is 1. The molecule has 1 atom stereocenters. The summed E-state index contributed by atoms with van der Waals surface area (Å²) in [6.07, 6.45) is -3.85. The fourth-order valence-electron chi connectivity index (χ4n) is 1.23. The van der Waals surface area contributed by atoms with Gasteiger partial charge in [0, 0.05) is 6.04 Å².